The van der Waals surface area contributed by atoms with E-state index in [-0.39, 0.29) is 0 Å². The molecule has 0 spiro atoms. The highest BCUT2D eigenvalue weighted by Gasteiger charge is 2.11. The van der Waals surface area contributed by atoms with Gasteiger partial charge in [-0.15, -0.1) is 0 Å². The lowest BCUT2D eigenvalue weighted by Crippen LogP contribution is -2.24. The molecule has 2 heteroatoms. The maximum Gasteiger partial charge on any atom is 0.0406 e. The van der Waals surface area contributed by atoms with Crippen molar-refractivity contribution in [3.8, 4) is 0 Å². The number of rotatable bonds is 7. The zero-order chi connectivity index (χ0) is 15.1. The standard InChI is InChI=1S/C19H24ClN/c1-3-13-21-19(14-16-7-11-18(20)12-8-16)17-9-5-15(4-2)6-10-17/h5-12,19,21H,3-4,13-14H2,1-2H3. The first kappa shape index (κ1) is 16.1. The fraction of sp³-hybridized carbons (Fsp3) is 0.368. The molecule has 0 bridgehead atoms. The minimum atomic E-state index is 0.358. The molecule has 0 aliphatic heterocycles. The molecule has 112 valence electrons. The third-order valence-corrected chi connectivity index (χ3v) is 4.04. The summed E-state index contributed by atoms with van der Waals surface area (Å²) in [5.41, 5.74) is 4.06. The van der Waals surface area contributed by atoms with Crippen molar-refractivity contribution in [2.75, 3.05) is 6.54 Å². The lowest BCUT2D eigenvalue weighted by molar-refractivity contribution is 0.529. The Morgan fingerprint density at radius 3 is 2.10 bits per heavy atom. The van der Waals surface area contributed by atoms with Gasteiger partial charge in [0.25, 0.3) is 0 Å². The average Bonchev–Trinajstić information content (AvgIpc) is 2.53. The normalized spacial score (nSPS) is 12.3. The van der Waals surface area contributed by atoms with Crippen LogP contribution in [0.2, 0.25) is 5.02 Å². The van der Waals surface area contributed by atoms with Crippen molar-refractivity contribution in [2.24, 2.45) is 0 Å². The summed E-state index contributed by atoms with van der Waals surface area (Å²) in [7, 11) is 0. The van der Waals surface area contributed by atoms with E-state index < -0.39 is 0 Å². The van der Waals surface area contributed by atoms with Crippen molar-refractivity contribution in [3.63, 3.8) is 0 Å². The van der Waals surface area contributed by atoms with Crippen molar-refractivity contribution < 1.29 is 0 Å². The van der Waals surface area contributed by atoms with Crippen LogP contribution in [0.1, 0.15) is 43.0 Å². The maximum atomic E-state index is 5.97. The Balaban J connectivity index is 2.14. The summed E-state index contributed by atoms with van der Waals surface area (Å²) in [4.78, 5) is 0. The Morgan fingerprint density at radius 2 is 1.52 bits per heavy atom. The molecule has 1 atom stereocenters. The first-order chi connectivity index (χ1) is 10.2. The molecule has 1 N–H and O–H groups in total. The molecular weight excluding hydrogens is 278 g/mol. The molecule has 1 unspecified atom stereocenters. The molecule has 0 saturated carbocycles. The maximum absolute atomic E-state index is 5.97. The number of nitrogens with one attached hydrogen (secondary N) is 1. The largest absolute Gasteiger partial charge is 0.310 e. The number of benzene rings is 2. The number of hydrogen-bond acceptors (Lipinski definition) is 1. The van der Waals surface area contributed by atoms with Crippen LogP contribution in [0.5, 0.6) is 0 Å². The third-order valence-electron chi connectivity index (χ3n) is 3.78. The van der Waals surface area contributed by atoms with E-state index in [0.29, 0.717) is 6.04 Å². The van der Waals surface area contributed by atoms with E-state index in [9.17, 15) is 0 Å². The summed E-state index contributed by atoms with van der Waals surface area (Å²) in [6.07, 6.45) is 3.22. The average molecular weight is 302 g/mol. The Hall–Kier alpha value is -1.31. The number of halogens is 1. The summed E-state index contributed by atoms with van der Waals surface area (Å²) in [6.45, 7) is 5.43. The highest BCUT2D eigenvalue weighted by Crippen LogP contribution is 2.20. The van der Waals surface area contributed by atoms with Crippen molar-refractivity contribution in [1.82, 2.24) is 5.32 Å². The van der Waals surface area contributed by atoms with Gasteiger partial charge in [-0.25, -0.2) is 0 Å². The van der Waals surface area contributed by atoms with Crippen LogP contribution >= 0.6 is 11.6 Å². The molecule has 0 aliphatic rings. The van der Waals surface area contributed by atoms with Gasteiger partial charge in [-0.05, 0) is 54.6 Å². The zero-order valence-electron chi connectivity index (χ0n) is 12.9. The molecule has 21 heavy (non-hydrogen) atoms. The Labute approximate surface area is 133 Å². The molecule has 0 radical (unpaired) electrons. The van der Waals surface area contributed by atoms with Gasteiger partial charge < -0.3 is 5.32 Å². The highest BCUT2D eigenvalue weighted by molar-refractivity contribution is 6.30. The van der Waals surface area contributed by atoms with Gasteiger partial charge in [0.05, 0.1) is 0 Å². The Morgan fingerprint density at radius 1 is 0.905 bits per heavy atom. The van der Waals surface area contributed by atoms with E-state index in [1.807, 2.05) is 12.1 Å². The van der Waals surface area contributed by atoms with Gasteiger partial charge >= 0.3 is 0 Å². The van der Waals surface area contributed by atoms with Crippen LogP contribution in [0.4, 0.5) is 0 Å². The fourth-order valence-corrected chi connectivity index (χ4v) is 2.59. The summed E-state index contributed by atoms with van der Waals surface area (Å²) in [5, 5.41) is 4.45. The summed E-state index contributed by atoms with van der Waals surface area (Å²) >= 11 is 5.97. The van der Waals surface area contributed by atoms with E-state index in [4.69, 9.17) is 11.6 Å². The lowest BCUT2D eigenvalue weighted by Gasteiger charge is -2.19. The molecule has 0 saturated heterocycles. The second kappa shape index (κ2) is 8.21. The molecule has 0 aliphatic carbocycles. The van der Waals surface area contributed by atoms with Gasteiger partial charge in [0.2, 0.25) is 0 Å². The van der Waals surface area contributed by atoms with Crippen molar-refractivity contribution >= 4 is 11.6 Å². The van der Waals surface area contributed by atoms with Gasteiger partial charge in [-0.2, -0.15) is 0 Å². The Bertz CT molecular complexity index is 530. The van der Waals surface area contributed by atoms with Gasteiger partial charge in [0.1, 0.15) is 0 Å². The molecule has 2 rings (SSSR count). The molecule has 0 aromatic heterocycles. The fourth-order valence-electron chi connectivity index (χ4n) is 2.47. The van der Waals surface area contributed by atoms with Crippen LogP contribution in [0.15, 0.2) is 48.5 Å². The first-order valence-corrected chi connectivity index (χ1v) is 8.17. The zero-order valence-corrected chi connectivity index (χ0v) is 13.7. The van der Waals surface area contributed by atoms with Crippen molar-refractivity contribution in [1.29, 1.82) is 0 Å². The van der Waals surface area contributed by atoms with Crippen LogP contribution < -0.4 is 5.32 Å². The monoisotopic (exact) mass is 301 g/mol. The predicted octanol–water partition coefficient (Wildman–Crippen LogP) is 5.19. The van der Waals surface area contributed by atoms with E-state index in [1.165, 1.54) is 16.7 Å². The molecule has 2 aromatic carbocycles. The van der Waals surface area contributed by atoms with Crippen molar-refractivity contribution in [3.05, 3.63) is 70.2 Å². The van der Waals surface area contributed by atoms with E-state index in [1.54, 1.807) is 0 Å². The summed E-state index contributed by atoms with van der Waals surface area (Å²) in [6, 6.07) is 17.5. The highest BCUT2D eigenvalue weighted by atomic mass is 35.5. The van der Waals surface area contributed by atoms with Crippen LogP contribution in [-0.4, -0.2) is 6.54 Å². The second-order valence-electron chi connectivity index (χ2n) is 5.43. The quantitative estimate of drug-likeness (QED) is 0.742. The molecular formula is C19H24ClN. The van der Waals surface area contributed by atoms with Crippen LogP contribution in [-0.2, 0) is 12.8 Å². The van der Waals surface area contributed by atoms with Gasteiger partial charge in [-0.3, -0.25) is 0 Å². The summed E-state index contributed by atoms with van der Waals surface area (Å²) in [5.74, 6) is 0. The Kier molecular flexibility index (Phi) is 6.28. The predicted molar refractivity (Wildman–Crippen MR) is 92.0 cm³/mol. The topological polar surface area (TPSA) is 12.0 Å². The van der Waals surface area contributed by atoms with Gasteiger partial charge in [0, 0.05) is 11.1 Å². The van der Waals surface area contributed by atoms with E-state index in [2.05, 4.69) is 55.6 Å². The van der Waals surface area contributed by atoms with Gasteiger partial charge in [-0.1, -0.05) is 61.8 Å². The smallest absolute Gasteiger partial charge is 0.0406 e. The number of hydrogen-bond donors (Lipinski definition) is 1. The molecule has 0 fully saturated rings. The first-order valence-electron chi connectivity index (χ1n) is 7.79. The van der Waals surface area contributed by atoms with Gasteiger partial charge in [0.15, 0.2) is 0 Å². The second-order valence-corrected chi connectivity index (χ2v) is 5.87. The SMILES string of the molecule is CCCNC(Cc1ccc(Cl)cc1)c1ccc(CC)cc1. The van der Waals surface area contributed by atoms with Crippen LogP contribution in [0, 0.1) is 0 Å². The minimum Gasteiger partial charge on any atom is -0.310 e. The molecule has 0 heterocycles. The molecule has 0 amide bonds. The van der Waals surface area contributed by atoms with E-state index >= 15 is 0 Å². The lowest BCUT2D eigenvalue weighted by atomic mass is 9.97. The molecule has 2 aromatic rings. The van der Waals surface area contributed by atoms with Crippen molar-refractivity contribution in [2.45, 2.75) is 39.2 Å². The summed E-state index contributed by atoms with van der Waals surface area (Å²) < 4.78 is 0. The minimum absolute atomic E-state index is 0.358. The number of aryl methyl sites for hydroxylation is 1. The molecule has 1 nitrogen and oxygen atoms in total. The third kappa shape index (κ3) is 4.87. The van der Waals surface area contributed by atoms with Crippen LogP contribution in [0.3, 0.4) is 0 Å². The van der Waals surface area contributed by atoms with Crippen LogP contribution in [0.25, 0.3) is 0 Å². The van der Waals surface area contributed by atoms with E-state index in [0.717, 1.165) is 30.8 Å².